The molecule has 149 heavy (non-hydrogen) atoms. The van der Waals surface area contributed by atoms with E-state index >= 15 is 0 Å². The van der Waals surface area contributed by atoms with Gasteiger partial charge in [-0.25, -0.2) is 0 Å². The normalized spacial score (nSPS) is 15.6. The molecule has 40 heteroatoms. The van der Waals surface area contributed by atoms with Gasteiger partial charge in [0.1, 0.15) is 131 Å². The monoisotopic (exact) mass is 2020 g/mol. The fourth-order valence-electron chi connectivity index (χ4n) is 17.9. The van der Waals surface area contributed by atoms with Crippen LogP contribution < -0.4 is 56.8 Å². The number of nitrogens with zero attached hydrogens (tertiary/aromatic N) is 27. The Labute approximate surface area is 862 Å². The second kappa shape index (κ2) is 46.6. The van der Waals surface area contributed by atoms with Crippen molar-refractivity contribution in [2.75, 3.05) is 0 Å². The molecule has 0 N–H and O–H groups in total. The van der Waals surface area contributed by atoms with Crippen molar-refractivity contribution in [1.29, 1.82) is 0 Å². The highest BCUT2D eigenvalue weighted by Crippen LogP contribution is 2.48. The molecule has 0 amide bonds. The first-order valence-corrected chi connectivity index (χ1v) is 50.1. The zero-order chi connectivity index (χ0) is 100. The minimum absolute atomic E-state index is 0.0303. The maximum absolute atomic E-state index is 7.41. The van der Waals surface area contributed by atoms with Crippen LogP contribution in [-0.4, -0.2) is 135 Å². The zero-order valence-corrected chi connectivity index (χ0v) is 82.2. The third-order valence-corrected chi connectivity index (χ3v) is 25.7. The molecule has 0 atom stereocenters. The molecule has 39 nitrogen and oxygen atoms in total. The first-order valence-electron chi connectivity index (χ1n) is 49.5. The van der Waals surface area contributed by atoms with Crippen molar-refractivity contribution in [2.45, 2.75) is 144 Å². The highest BCUT2D eigenvalue weighted by Gasteiger charge is 2.29. The third kappa shape index (κ3) is 25.9. The Morgan fingerprint density at radius 2 is 0.295 bits per heavy atom. The number of thiol groups is 1. The Morgan fingerprint density at radius 1 is 0.168 bits per heavy atom. The topological polar surface area (TPSA) is 387 Å². The van der Waals surface area contributed by atoms with Crippen LogP contribution in [0.1, 0.15) is 73.5 Å². The van der Waals surface area contributed by atoms with E-state index in [1.807, 2.05) is 214 Å². The van der Waals surface area contributed by atoms with Crippen LogP contribution in [0.5, 0.6) is 69.0 Å². The van der Waals surface area contributed by atoms with Crippen molar-refractivity contribution in [1.82, 2.24) is 135 Å². The summed E-state index contributed by atoms with van der Waals surface area (Å²) in [6.07, 6.45) is 91.4. The quantitative estimate of drug-likeness (QED) is 0.0346. The molecule has 0 fully saturated rings. The van der Waals surface area contributed by atoms with Crippen LogP contribution in [-0.2, 0) is 144 Å². The average Bonchev–Trinajstić information content (AvgIpc) is 1.50. The second-order valence-corrected chi connectivity index (χ2v) is 37.4. The summed E-state index contributed by atoms with van der Waals surface area (Å²) in [5, 5.41) is 81.8. The van der Waals surface area contributed by atoms with E-state index in [0.29, 0.717) is 132 Å². The van der Waals surface area contributed by atoms with Gasteiger partial charge < -0.3 is 56.8 Å². The van der Waals surface area contributed by atoms with Crippen LogP contribution in [0, 0.1) is 53.3 Å². The van der Waals surface area contributed by atoms with Gasteiger partial charge in [0.2, 0.25) is 23.0 Å². The lowest BCUT2D eigenvalue weighted by Crippen LogP contribution is -2.09. The molecule has 4 aromatic carbocycles. The van der Waals surface area contributed by atoms with E-state index in [0.717, 1.165) is 0 Å². The van der Waals surface area contributed by atoms with Crippen LogP contribution in [0.25, 0.3) is 0 Å². The van der Waals surface area contributed by atoms with Gasteiger partial charge in [0.25, 0.3) is 0 Å². The number of hydrogen-bond acceptors (Lipinski definition) is 31. The molecule has 0 unspecified atom stereocenters. The lowest BCUT2D eigenvalue weighted by Gasteiger charge is -2.21. The lowest BCUT2D eigenvalue weighted by molar-refractivity contribution is 0.216. The van der Waals surface area contributed by atoms with Gasteiger partial charge in [0.05, 0.1) is 115 Å². The first-order chi connectivity index (χ1) is 73.5. The predicted octanol–water partition coefficient (Wildman–Crippen LogP) is 15.1. The Hall–Kier alpha value is -17.6. The molecule has 756 valence electrons. The molecule has 0 aliphatic heterocycles. The van der Waals surface area contributed by atoms with E-state index in [-0.39, 0.29) is 207 Å². The van der Waals surface area contributed by atoms with Crippen molar-refractivity contribution in [3.63, 3.8) is 0 Å². The van der Waals surface area contributed by atoms with Gasteiger partial charge in [0, 0.05) is 59.0 Å². The van der Waals surface area contributed by atoms with Gasteiger partial charge in [-0.05, 0) is 70.8 Å². The van der Waals surface area contributed by atoms with E-state index in [2.05, 4.69) is 202 Å². The van der Waals surface area contributed by atoms with Crippen molar-refractivity contribution >= 4 is 12.6 Å². The first kappa shape index (κ1) is 96.2. The molecule has 9 heterocycles. The zero-order valence-electron chi connectivity index (χ0n) is 81.3. The largest absolute Gasteiger partial charge is 0.485 e. The van der Waals surface area contributed by atoms with Crippen LogP contribution in [0.4, 0.5) is 0 Å². The van der Waals surface area contributed by atoms with Crippen LogP contribution >= 0.6 is 12.6 Å². The Balaban J connectivity index is 0.642. The van der Waals surface area contributed by atoms with Crippen molar-refractivity contribution in [3.8, 4) is 69.0 Å². The van der Waals surface area contributed by atoms with Gasteiger partial charge in [0.15, 0.2) is 46.0 Å². The Morgan fingerprint density at radius 3 is 0.450 bits per heavy atom. The summed E-state index contributed by atoms with van der Waals surface area (Å²) in [5.74, 6) is 4.52. The third-order valence-electron chi connectivity index (χ3n) is 25.3. The standard InChI is InChI=1S/C109H107N27O12S/c149-75-88-43-104(137-63-85-37-98(139-66-89-54-128(119-110-89)45-76-19-1-2-20-76)107(146-72-95-60-134(125-116-95)51-82-31-13-14-32-82)99(38-85)140-67-90-55-129(120-111-90)46-77-21-3-4-22-77)106(145-65-87-41-102(143-70-93-58-132(123-114-93)49-80-27-9-10-28-80)109(148-74-97-62-136(127-118-97)53-84-35-17-18-36-84)103(42-87)144-71-94-59-133(124-115-94)50-81-29-11-12-30-81)105(44-88)138-64-86-39-100(141-68-91-56-130(121-112-91)47-78-23-5-6-24-78)108(147-73-96-61-135(126-117-96)52-83-33-15-16-34-83)101(40-86)142-69-92-57-131(122-113-92)48-79-25-7-8-26-79/h1-44,54-62,76-84,149H,45-53,63-75H2. The molecule has 0 bridgehead atoms. The minimum atomic E-state index is -0.195. The van der Waals surface area contributed by atoms with Gasteiger partial charge in [-0.1, -0.05) is 266 Å². The molecule has 9 aliphatic carbocycles. The molecule has 0 saturated heterocycles. The average molecular weight is 2020 g/mol. The van der Waals surface area contributed by atoms with Gasteiger partial charge in [-0.3, -0.25) is 42.1 Å². The smallest absolute Gasteiger partial charge is 0.204 e. The van der Waals surface area contributed by atoms with Gasteiger partial charge in [-0.2, -0.15) is 12.6 Å². The highest BCUT2D eigenvalue weighted by atomic mass is 32.1. The van der Waals surface area contributed by atoms with Gasteiger partial charge >= 0.3 is 0 Å². The molecular formula is C109H107N27O12S. The van der Waals surface area contributed by atoms with Crippen LogP contribution in [0.2, 0.25) is 0 Å². The van der Waals surface area contributed by atoms with E-state index in [9.17, 15) is 0 Å². The highest BCUT2D eigenvalue weighted by molar-refractivity contribution is 7.79. The summed E-state index contributed by atoms with van der Waals surface area (Å²) in [7, 11) is 0. The maximum Gasteiger partial charge on any atom is 0.204 e. The predicted molar refractivity (Wildman–Crippen MR) is 547 cm³/mol. The summed E-state index contributed by atoms with van der Waals surface area (Å²) >= 11 is 5.00. The number of allylic oxidation sites excluding steroid dienone is 36. The summed E-state index contributed by atoms with van der Waals surface area (Å²) in [4.78, 5) is 0. The number of benzene rings is 4. The molecule has 0 spiro atoms. The van der Waals surface area contributed by atoms with Crippen molar-refractivity contribution in [2.24, 2.45) is 53.3 Å². The fraction of sp³-hybridized carbons (Fsp3) is 0.284. The van der Waals surface area contributed by atoms with Crippen LogP contribution in [0.15, 0.2) is 323 Å². The summed E-state index contributed by atoms with van der Waals surface area (Å²) in [6.45, 7) is 4.37. The lowest BCUT2D eigenvalue weighted by atomic mass is 10.1. The van der Waals surface area contributed by atoms with E-state index in [1.54, 1.807) is 42.1 Å². The van der Waals surface area contributed by atoms with Crippen LogP contribution in [0.3, 0.4) is 0 Å². The number of hydrogen-bond donors (Lipinski definition) is 1. The number of aromatic nitrogens is 27. The van der Waals surface area contributed by atoms with Crippen molar-refractivity contribution in [3.05, 3.63) is 397 Å². The SMILES string of the molecule is SCc1cc(OCc2cc(OCc3cn(CC4C=CC=C4)nn3)c(OCc3cn(CC4C=CC=C4)nn3)c(OCc3cn(CC4C=CC=C4)nn3)c2)c(OCc2cc(OCc3cn(CC4C=CC=C4)nn3)c(OCc3cn(CC4C=CC=C4)nn3)c(OCc3cn(CC4C=CC=C4)nn3)c2)c(OCc2cc(OCc3cn(CC4C=CC=C4)nn3)c(OCc3cn(CC4C=CC=C4)nn3)c(OCc3cn(CC4C=CC=C4)nn3)c2)c1. The summed E-state index contributed by atoms with van der Waals surface area (Å²) in [5.41, 5.74) is 7.33. The summed E-state index contributed by atoms with van der Waals surface area (Å²) < 4.78 is 101. The van der Waals surface area contributed by atoms with E-state index < -0.39 is 0 Å². The molecule has 9 aliphatic rings. The minimum Gasteiger partial charge on any atom is -0.485 e. The maximum atomic E-state index is 7.41. The summed E-state index contributed by atoms with van der Waals surface area (Å²) in [6, 6.07) is 14.8. The molecular weight excluding hydrogens is 1910 g/mol. The molecule has 9 aromatic heterocycles. The molecule has 0 radical (unpaired) electrons. The molecule has 22 rings (SSSR count). The van der Waals surface area contributed by atoms with Gasteiger partial charge in [-0.15, -0.1) is 45.9 Å². The molecule has 0 saturated carbocycles. The number of ether oxygens (including phenoxy) is 12. The van der Waals surface area contributed by atoms with Crippen molar-refractivity contribution < 1.29 is 56.8 Å². The fourth-order valence-corrected chi connectivity index (χ4v) is 18.1. The van der Waals surface area contributed by atoms with E-state index in [4.69, 9.17) is 69.5 Å². The second-order valence-electron chi connectivity index (χ2n) is 37.1. The molecule has 13 aromatic rings. The Kier molecular flexibility index (Phi) is 30.1. The number of rotatable bonds is 55. The Bertz CT molecular complexity index is 6820. The van der Waals surface area contributed by atoms with E-state index in [1.165, 1.54) is 0 Å².